The van der Waals surface area contributed by atoms with Crippen molar-refractivity contribution in [1.82, 2.24) is 9.97 Å². The van der Waals surface area contributed by atoms with Gasteiger partial charge in [-0.3, -0.25) is 9.78 Å². The van der Waals surface area contributed by atoms with Crippen LogP contribution in [0, 0.1) is 12.7 Å². The van der Waals surface area contributed by atoms with E-state index in [4.69, 9.17) is 4.74 Å². The van der Waals surface area contributed by atoms with Crippen molar-refractivity contribution in [2.24, 2.45) is 0 Å². The van der Waals surface area contributed by atoms with E-state index >= 15 is 0 Å². The number of halogens is 1. The summed E-state index contributed by atoms with van der Waals surface area (Å²) in [6, 6.07) is 13.5. The van der Waals surface area contributed by atoms with Crippen LogP contribution in [0.1, 0.15) is 22.4 Å². The lowest BCUT2D eigenvalue weighted by atomic mass is 10.0. The van der Waals surface area contributed by atoms with Crippen LogP contribution in [-0.4, -0.2) is 9.97 Å². The molecule has 3 aromatic rings. The van der Waals surface area contributed by atoms with E-state index in [0.29, 0.717) is 30.0 Å². The van der Waals surface area contributed by atoms with Crippen LogP contribution >= 0.6 is 0 Å². The molecule has 25 heavy (non-hydrogen) atoms. The minimum Gasteiger partial charge on any atom is -0.489 e. The van der Waals surface area contributed by atoms with Gasteiger partial charge in [-0.05, 0) is 42.3 Å². The predicted octanol–water partition coefficient (Wildman–Crippen LogP) is 2.68. The fourth-order valence-electron chi connectivity index (χ4n) is 2.54. The zero-order chi connectivity index (χ0) is 17.8. The van der Waals surface area contributed by atoms with Crippen molar-refractivity contribution in [2.45, 2.75) is 20.0 Å². The molecular formula is C19H17FN2O3. The number of nitrogens with one attached hydrogen (secondary N) is 2. The summed E-state index contributed by atoms with van der Waals surface area (Å²) >= 11 is 0. The Morgan fingerprint density at radius 1 is 1.00 bits per heavy atom. The predicted molar refractivity (Wildman–Crippen MR) is 92.4 cm³/mol. The molecule has 0 unspecified atom stereocenters. The summed E-state index contributed by atoms with van der Waals surface area (Å²) in [6.07, 6.45) is 0.381. The summed E-state index contributed by atoms with van der Waals surface area (Å²) in [5.74, 6) is 0.368. The molecule has 0 aliphatic rings. The average Bonchev–Trinajstić information content (AvgIpc) is 2.58. The van der Waals surface area contributed by atoms with Crippen molar-refractivity contribution >= 4 is 0 Å². The van der Waals surface area contributed by atoms with Crippen LogP contribution in [-0.2, 0) is 13.0 Å². The quantitative estimate of drug-likeness (QED) is 0.750. The Kier molecular flexibility index (Phi) is 4.79. The van der Waals surface area contributed by atoms with Gasteiger partial charge in [0.05, 0.1) is 0 Å². The number of hydrogen-bond donors (Lipinski definition) is 2. The maximum Gasteiger partial charge on any atom is 0.325 e. The summed E-state index contributed by atoms with van der Waals surface area (Å²) in [5, 5.41) is 0. The molecule has 2 aromatic carbocycles. The lowest BCUT2D eigenvalue weighted by Gasteiger charge is -2.09. The lowest BCUT2D eigenvalue weighted by Crippen LogP contribution is -2.27. The maximum atomic E-state index is 12.9. The second-order valence-corrected chi connectivity index (χ2v) is 5.75. The molecule has 1 heterocycles. The van der Waals surface area contributed by atoms with E-state index in [0.717, 1.165) is 11.1 Å². The van der Waals surface area contributed by atoms with Gasteiger partial charge in [0.25, 0.3) is 5.56 Å². The van der Waals surface area contributed by atoms with E-state index < -0.39 is 5.69 Å². The van der Waals surface area contributed by atoms with Crippen LogP contribution in [0.2, 0.25) is 0 Å². The molecule has 6 heteroatoms. The third-order valence-electron chi connectivity index (χ3n) is 3.85. The zero-order valence-electron chi connectivity index (χ0n) is 13.6. The monoisotopic (exact) mass is 340 g/mol. The second kappa shape index (κ2) is 7.17. The van der Waals surface area contributed by atoms with Gasteiger partial charge < -0.3 is 9.72 Å². The van der Waals surface area contributed by atoms with Gasteiger partial charge >= 0.3 is 5.69 Å². The summed E-state index contributed by atoms with van der Waals surface area (Å²) in [4.78, 5) is 28.0. The standard InChI is InChI=1S/C19H17FN2O3/c1-12-17(18(23)22-19(24)21-12)10-14-3-2-4-16(9-14)25-11-13-5-7-15(20)8-6-13/h2-9H,10-11H2,1H3,(H2,21,22,23,24). The lowest BCUT2D eigenvalue weighted by molar-refractivity contribution is 0.306. The highest BCUT2D eigenvalue weighted by atomic mass is 19.1. The van der Waals surface area contributed by atoms with Gasteiger partial charge in [0.1, 0.15) is 18.2 Å². The molecular weight excluding hydrogens is 323 g/mol. The first-order chi connectivity index (χ1) is 12.0. The van der Waals surface area contributed by atoms with Crippen LogP contribution in [0.4, 0.5) is 4.39 Å². The number of hydrogen-bond acceptors (Lipinski definition) is 3. The fraction of sp³-hybridized carbons (Fsp3) is 0.158. The Labute approximate surface area is 143 Å². The minimum atomic E-state index is -0.511. The first kappa shape index (κ1) is 16.7. The van der Waals surface area contributed by atoms with Gasteiger partial charge in [0.2, 0.25) is 0 Å². The van der Waals surface area contributed by atoms with Gasteiger partial charge in [0.15, 0.2) is 0 Å². The smallest absolute Gasteiger partial charge is 0.325 e. The average molecular weight is 340 g/mol. The highest BCUT2D eigenvalue weighted by molar-refractivity contribution is 5.33. The zero-order valence-corrected chi connectivity index (χ0v) is 13.6. The van der Waals surface area contributed by atoms with Crippen molar-refractivity contribution in [1.29, 1.82) is 0 Å². The molecule has 5 nitrogen and oxygen atoms in total. The van der Waals surface area contributed by atoms with Crippen LogP contribution in [0.25, 0.3) is 0 Å². The third kappa shape index (κ3) is 4.23. The van der Waals surface area contributed by atoms with Gasteiger partial charge in [-0.25, -0.2) is 9.18 Å². The molecule has 0 spiro atoms. The Morgan fingerprint density at radius 3 is 2.48 bits per heavy atom. The molecule has 0 bridgehead atoms. The second-order valence-electron chi connectivity index (χ2n) is 5.75. The summed E-state index contributed by atoms with van der Waals surface area (Å²) < 4.78 is 18.6. The van der Waals surface area contributed by atoms with Gasteiger partial charge in [-0.2, -0.15) is 0 Å². The Balaban J connectivity index is 1.74. The molecule has 0 fully saturated rings. The molecule has 0 radical (unpaired) electrons. The van der Waals surface area contributed by atoms with Crippen LogP contribution < -0.4 is 16.0 Å². The Bertz CT molecular complexity index is 991. The number of ether oxygens (including phenoxy) is 1. The van der Waals surface area contributed by atoms with Crippen molar-refractivity contribution in [2.75, 3.05) is 0 Å². The minimum absolute atomic E-state index is 0.285. The molecule has 128 valence electrons. The van der Waals surface area contributed by atoms with E-state index in [9.17, 15) is 14.0 Å². The first-order valence-electron chi connectivity index (χ1n) is 7.79. The van der Waals surface area contributed by atoms with E-state index in [1.54, 1.807) is 19.1 Å². The topological polar surface area (TPSA) is 75.0 Å². The van der Waals surface area contributed by atoms with Gasteiger partial charge in [-0.15, -0.1) is 0 Å². The van der Waals surface area contributed by atoms with Crippen LogP contribution in [0.5, 0.6) is 5.75 Å². The molecule has 2 N–H and O–H groups in total. The molecule has 0 atom stereocenters. The van der Waals surface area contributed by atoms with E-state index in [2.05, 4.69) is 9.97 Å². The van der Waals surface area contributed by atoms with Gasteiger partial charge in [-0.1, -0.05) is 24.3 Å². The SMILES string of the molecule is Cc1[nH]c(=O)[nH]c(=O)c1Cc1cccc(OCc2ccc(F)cc2)c1. The molecule has 1 aromatic heterocycles. The fourth-order valence-corrected chi connectivity index (χ4v) is 2.54. The van der Waals surface area contributed by atoms with E-state index in [-0.39, 0.29) is 11.4 Å². The first-order valence-corrected chi connectivity index (χ1v) is 7.79. The number of aromatic nitrogens is 2. The number of rotatable bonds is 5. The van der Waals surface area contributed by atoms with Crippen LogP contribution in [0.15, 0.2) is 58.1 Å². The van der Waals surface area contributed by atoms with Crippen molar-refractivity contribution < 1.29 is 9.13 Å². The molecule has 0 aliphatic heterocycles. The number of aryl methyl sites for hydroxylation is 1. The molecule has 0 saturated carbocycles. The number of aromatic amines is 2. The van der Waals surface area contributed by atoms with Crippen molar-refractivity contribution in [3.63, 3.8) is 0 Å². The van der Waals surface area contributed by atoms with E-state index in [1.165, 1.54) is 12.1 Å². The van der Waals surface area contributed by atoms with Crippen LogP contribution in [0.3, 0.4) is 0 Å². The largest absolute Gasteiger partial charge is 0.489 e. The number of H-pyrrole nitrogens is 2. The van der Waals surface area contributed by atoms with Gasteiger partial charge in [0, 0.05) is 17.7 Å². The summed E-state index contributed by atoms with van der Waals surface area (Å²) in [5.41, 5.74) is 1.90. The Hall–Kier alpha value is -3.15. The van der Waals surface area contributed by atoms with Crippen molar-refractivity contribution in [3.8, 4) is 5.75 Å². The normalized spacial score (nSPS) is 10.6. The summed E-state index contributed by atoms with van der Waals surface area (Å²) in [7, 11) is 0. The molecule has 3 rings (SSSR count). The highest BCUT2D eigenvalue weighted by Crippen LogP contribution is 2.17. The van der Waals surface area contributed by atoms with E-state index in [1.807, 2.05) is 24.3 Å². The number of benzene rings is 2. The maximum absolute atomic E-state index is 12.9. The summed E-state index contributed by atoms with van der Waals surface area (Å²) in [6.45, 7) is 2.02. The molecule has 0 saturated heterocycles. The van der Waals surface area contributed by atoms with Crippen molar-refractivity contribution in [3.05, 3.63) is 97.6 Å². The highest BCUT2D eigenvalue weighted by Gasteiger charge is 2.08. The molecule has 0 aliphatic carbocycles. The Morgan fingerprint density at radius 2 is 1.76 bits per heavy atom. The molecule has 0 amide bonds. The third-order valence-corrected chi connectivity index (χ3v) is 3.85.